The molecule has 0 aromatic carbocycles. The van der Waals surface area contributed by atoms with Gasteiger partial charge in [0.05, 0.1) is 30.0 Å². The lowest BCUT2D eigenvalue weighted by molar-refractivity contribution is -0.145. The molecule has 1 aliphatic rings. The number of hydrogen-bond acceptors (Lipinski definition) is 6. The molecule has 0 aliphatic carbocycles. The molecular weight excluding hydrogens is 370 g/mol. The highest BCUT2D eigenvalue weighted by Crippen LogP contribution is 2.29. The van der Waals surface area contributed by atoms with Gasteiger partial charge in [-0.1, -0.05) is 0 Å². The Morgan fingerprint density at radius 2 is 2.35 bits per heavy atom. The van der Waals surface area contributed by atoms with Crippen LogP contribution in [-0.2, 0) is 24.3 Å². The normalized spacial score (nSPS) is 20.8. The highest BCUT2D eigenvalue weighted by molar-refractivity contribution is 9.11. The fraction of sp³-hybridized carbons (Fsp3) is 0.545. The predicted molar refractivity (Wildman–Crippen MR) is 77.2 cm³/mol. The largest absolute Gasteiger partial charge is 0.469 e. The van der Waals surface area contributed by atoms with Crippen molar-refractivity contribution in [2.75, 3.05) is 26.8 Å². The second-order valence-electron chi connectivity index (χ2n) is 4.19. The summed E-state index contributed by atoms with van der Waals surface area (Å²) in [7, 11) is -2.23. The molecule has 0 spiro atoms. The SMILES string of the molecule is COC(=O)CC1CN(S(=O)(=O)c2ccc(Br)s2)CCO1. The van der Waals surface area contributed by atoms with Crippen molar-refractivity contribution < 1.29 is 22.7 Å². The maximum Gasteiger partial charge on any atom is 0.308 e. The van der Waals surface area contributed by atoms with Crippen LogP contribution in [-0.4, -0.2) is 51.6 Å². The van der Waals surface area contributed by atoms with Crippen LogP contribution >= 0.6 is 27.3 Å². The first-order chi connectivity index (χ1) is 9.43. The van der Waals surface area contributed by atoms with Crippen molar-refractivity contribution in [1.29, 1.82) is 0 Å². The third kappa shape index (κ3) is 3.59. The zero-order chi connectivity index (χ0) is 14.8. The van der Waals surface area contributed by atoms with Crippen LogP contribution in [0.5, 0.6) is 0 Å². The Morgan fingerprint density at radius 1 is 1.60 bits per heavy atom. The van der Waals surface area contributed by atoms with E-state index in [1.165, 1.54) is 11.4 Å². The van der Waals surface area contributed by atoms with Crippen LogP contribution in [0.25, 0.3) is 0 Å². The predicted octanol–water partition coefficient (Wildman–Crippen LogP) is 1.46. The number of sulfonamides is 1. The van der Waals surface area contributed by atoms with Gasteiger partial charge in [0.25, 0.3) is 10.0 Å². The van der Waals surface area contributed by atoms with Gasteiger partial charge < -0.3 is 9.47 Å². The molecule has 0 amide bonds. The molecule has 0 bridgehead atoms. The summed E-state index contributed by atoms with van der Waals surface area (Å²) in [6.45, 7) is 0.718. The molecule has 1 aliphatic heterocycles. The van der Waals surface area contributed by atoms with E-state index in [-0.39, 0.29) is 30.3 Å². The Morgan fingerprint density at radius 3 is 2.95 bits per heavy atom. The van der Waals surface area contributed by atoms with Crippen LogP contribution in [0, 0.1) is 0 Å². The van der Waals surface area contributed by atoms with Gasteiger partial charge in [0.1, 0.15) is 4.21 Å². The van der Waals surface area contributed by atoms with E-state index < -0.39 is 22.1 Å². The molecule has 2 heterocycles. The molecule has 9 heteroatoms. The molecule has 112 valence electrons. The molecule has 20 heavy (non-hydrogen) atoms. The van der Waals surface area contributed by atoms with E-state index in [4.69, 9.17) is 4.74 Å². The maximum atomic E-state index is 12.4. The van der Waals surface area contributed by atoms with E-state index in [9.17, 15) is 13.2 Å². The molecule has 1 unspecified atom stereocenters. The van der Waals surface area contributed by atoms with Crippen LogP contribution in [0.3, 0.4) is 0 Å². The molecule has 1 fully saturated rings. The number of morpholine rings is 1. The second kappa shape index (κ2) is 6.52. The van der Waals surface area contributed by atoms with Gasteiger partial charge in [-0.2, -0.15) is 4.31 Å². The first kappa shape index (κ1) is 15.9. The molecular formula is C11H14BrNO5S2. The summed E-state index contributed by atoms with van der Waals surface area (Å²) in [5.74, 6) is -0.409. The number of halogens is 1. The van der Waals surface area contributed by atoms with Gasteiger partial charge in [0.15, 0.2) is 0 Å². The van der Waals surface area contributed by atoms with Gasteiger partial charge in [-0.05, 0) is 28.1 Å². The fourth-order valence-corrected chi connectivity index (χ4v) is 5.49. The number of carbonyl (C=O) groups excluding carboxylic acids is 1. The van der Waals surface area contributed by atoms with Gasteiger partial charge in [-0.15, -0.1) is 11.3 Å². The van der Waals surface area contributed by atoms with Gasteiger partial charge >= 0.3 is 5.97 Å². The van der Waals surface area contributed by atoms with E-state index in [1.54, 1.807) is 12.1 Å². The van der Waals surface area contributed by atoms with E-state index in [0.29, 0.717) is 0 Å². The minimum absolute atomic E-state index is 0.0522. The van der Waals surface area contributed by atoms with Gasteiger partial charge in [0, 0.05) is 13.1 Å². The summed E-state index contributed by atoms with van der Waals surface area (Å²) in [5, 5.41) is 0. The van der Waals surface area contributed by atoms with Gasteiger partial charge in [-0.3, -0.25) is 4.79 Å². The smallest absolute Gasteiger partial charge is 0.308 e. The van der Waals surface area contributed by atoms with Crippen molar-refractivity contribution in [3.05, 3.63) is 15.9 Å². The highest BCUT2D eigenvalue weighted by atomic mass is 79.9. The van der Waals surface area contributed by atoms with Gasteiger partial charge in [0.2, 0.25) is 0 Å². The lowest BCUT2D eigenvalue weighted by Crippen LogP contribution is -2.46. The Hall–Kier alpha value is -0.480. The Kier molecular flexibility index (Phi) is 5.19. The van der Waals surface area contributed by atoms with Crippen LogP contribution < -0.4 is 0 Å². The third-order valence-electron chi connectivity index (χ3n) is 2.87. The van der Waals surface area contributed by atoms with E-state index >= 15 is 0 Å². The number of esters is 1. The van der Waals surface area contributed by atoms with Crippen molar-refractivity contribution in [3.8, 4) is 0 Å². The minimum atomic E-state index is -3.53. The summed E-state index contributed by atoms with van der Waals surface area (Å²) < 4.78 is 37.3. The molecule has 6 nitrogen and oxygen atoms in total. The number of rotatable bonds is 4. The number of thiophene rings is 1. The Bertz CT molecular complexity index is 585. The fourth-order valence-electron chi connectivity index (χ4n) is 1.87. The molecule has 1 aromatic rings. The Labute approximate surface area is 129 Å². The van der Waals surface area contributed by atoms with Crippen molar-refractivity contribution >= 4 is 43.3 Å². The Balaban J connectivity index is 2.10. The zero-order valence-corrected chi connectivity index (χ0v) is 14.0. The first-order valence-corrected chi connectivity index (χ1v) is 8.92. The summed E-state index contributed by atoms with van der Waals surface area (Å²) in [6.07, 6.45) is -0.411. The average molecular weight is 384 g/mol. The zero-order valence-electron chi connectivity index (χ0n) is 10.7. The van der Waals surface area contributed by atoms with Crippen molar-refractivity contribution in [3.63, 3.8) is 0 Å². The van der Waals surface area contributed by atoms with Crippen LogP contribution in [0.4, 0.5) is 0 Å². The molecule has 0 radical (unpaired) electrons. The summed E-state index contributed by atoms with van der Waals surface area (Å²) >= 11 is 4.41. The lowest BCUT2D eigenvalue weighted by Gasteiger charge is -2.31. The van der Waals surface area contributed by atoms with Crippen LogP contribution in [0.15, 0.2) is 20.1 Å². The standard InChI is InChI=1S/C11H14BrNO5S2/c1-17-10(14)6-8-7-13(4-5-18-8)20(15,16)11-3-2-9(12)19-11/h2-3,8H,4-7H2,1H3. The van der Waals surface area contributed by atoms with Gasteiger partial charge in [-0.25, -0.2) is 8.42 Å². The number of hydrogen-bond donors (Lipinski definition) is 0. The monoisotopic (exact) mass is 383 g/mol. The molecule has 1 aromatic heterocycles. The third-order valence-corrected chi connectivity index (χ3v) is 6.82. The number of nitrogens with zero attached hydrogens (tertiary/aromatic N) is 1. The molecule has 1 atom stereocenters. The van der Waals surface area contributed by atoms with Crippen LogP contribution in [0.1, 0.15) is 6.42 Å². The van der Waals surface area contributed by atoms with Crippen LogP contribution in [0.2, 0.25) is 0 Å². The van der Waals surface area contributed by atoms with E-state index in [2.05, 4.69) is 20.7 Å². The summed E-state index contributed by atoms with van der Waals surface area (Å²) in [5.41, 5.74) is 0. The second-order valence-corrected chi connectivity index (χ2v) is 8.82. The van der Waals surface area contributed by atoms with E-state index in [1.807, 2.05) is 0 Å². The lowest BCUT2D eigenvalue weighted by atomic mass is 10.2. The number of ether oxygens (including phenoxy) is 2. The number of carbonyl (C=O) groups is 1. The minimum Gasteiger partial charge on any atom is -0.469 e. The maximum absolute atomic E-state index is 12.4. The topological polar surface area (TPSA) is 72.9 Å². The van der Waals surface area contributed by atoms with Crippen molar-refractivity contribution in [2.24, 2.45) is 0 Å². The molecule has 2 rings (SSSR count). The van der Waals surface area contributed by atoms with Crippen molar-refractivity contribution in [1.82, 2.24) is 4.31 Å². The van der Waals surface area contributed by atoms with E-state index in [0.717, 1.165) is 15.1 Å². The quantitative estimate of drug-likeness (QED) is 0.735. The van der Waals surface area contributed by atoms with Crippen molar-refractivity contribution in [2.45, 2.75) is 16.7 Å². The first-order valence-electron chi connectivity index (χ1n) is 5.87. The molecule has 0 saturated carbocycles. The molecule has 0 N–H and O–H groups in total. The summed E-state index contributed by atoms with van der Waals surface area (Å²) in [4.78, 5) is 11.2. The summed E-state index contributed by atoms with van der Waals surface area (Å²) in [6, 6.07) is 3.26. The molecule has 1 saturated heterocycles. The number of methoxy groups -OCH3 is 1. The average Bonchev–Trinajstić information content (AvgIpc) is 2.86. The highest BCUT2D eigenvalue weighted by Gasteiger charge is 2.32.